The lowest BCUT2D eigenvalue weighted by atomic mass is 10.0. The number of pyridine rings is 1. The van der Waals surface area contributed by atoms with Gasteiger partial charge in [-0.3, -0.25) is 14.5 Å². The number of piperazine rings is 1. The summed E-state index contributed by atoms with van der Waals surface area (Å²) in [6, 6.07) is 3.63. The van der Waals surface area contributed by atoms with E-state index in [2.05, 4.69) is 20.3 Å². The number of hydrogen-bond acceptors (Lipinski definition) is 8. The zero-order chi connectivity index (χ0) is 29.4. The summed E-state index contributed by atoms with van der Waals surface area (Å²) in [6.45, 7) is 7.91. The highest BCUT2D eigenvalue weighted by Crippen LogP contribution is 2.38. The summed E-state index contributed by atoms with van der Waals surface area (Å²) in [6.07, 6.45) is -1.64. The Morgan fingerprint density at radius 3 is 2.38 bits per heavy atom. The summed E-state index contributed by atoms with van der Waals surface area (Å²) in [5.41, 5.74) is 3.00. The topological polar surface area (TPSA) is 119 Å². The zero-order valence-corrected chi connectivity index (χ0v) is 23.2. The van der Waals surface area contributed by atoms with E-state index in [4.69, 9.17) is 11.3 Å². The van der Waals surface area contributed by atoms with Crippen LogP contribution < -0.4 is 21.1 Å². The number of carbonyl (C=O) groups is 1. The molecule has 10 nitrogen and oxygen atoms in total. The Kier molecular flexibility index (Phi) is 8.17. The van der Waals surface area contributed by atoms with Gasteiger partial charge < -0.3 is 25.5 Å². The Balaban J connectivity index is 1.59. The van der Waals surface area contributed by atoms with Crippen molar-refractivity contribution in [2.24, 2.45) is 12.9 Å². The minimum absolute atomic E-state index is 0.0290. The Bertz CT molecular complexity index is 1430. The van der Waals surface area contributed by atoms with Crippen LogP contribution >= 0.6 is 0 Å². The van der Waals surface area contributed by atoms with Crippen LogP contribution in [0.2, 0.25) is 0 Å². The van der Waals surface area contributed by atoms with E-state index in [1.165, 1.54) is 17.3 Å². The van der Waals surface area contributed by atoms with Crippen LogP contribution in [0.3, 0.4) is 0 Å². The second-order valence-corrected chi connectivity index (χ2v) is 10.1. The molecule has 0 bridgehead atoms. The number of halogens is 3. The van der Waals surface area contributed by atoms with Gasteiger partial charge in [-0.2, -0.15) is 18.3 Å². The van der Waals surface area contributed by atoms with E-state index in [1.54, 1.807) is 31.8 Å². The van der Waals surface area contributed by atoms with Crippen molar-refractivity contribution in [3.63, 3.8) is 0 Å². The smallest absolute Gasteiger partial charge is 0.369 e. The maximum absolute atomic E-state index is 13.8. The molecule has 1 saturated heterocycles. The van der Waals surface area contributed by atoms with Gasteiger partial charge >= 0.3 is 6.18 Å². The van der Waals surface area contributed by atoms with Crippen LogP contribution in [0.15, 0.2) is 30.6 Å². The Morgan fingerprint density at radius 2 is 1.77 bits per heavy atom. The number of aryl methyl sites for hydroxylation is 2. The molecule has 13 heteroatoms. The minimum atomic E-state index is -4.58. The molecule has 0 saturated carbocycles. The van der Waals surface area contributed by atoms with E-state index in [1.807, 2.05) is 18.9 Å². The predicted octanol–water partition coefficient (Wildman–Crippen LogP) is 3.51. The van der Waals surface area contributed by atoms with Gasteiger partial charge in [0.15, 0.2) is 0 Å². The van der Waals surface area contributed by atoms with Crippen LogP contribution in [0.1, 0.15) is 38.4 Å². The molecular weight excluding hydrogens is 523 g/mol. The van der Waals surface area contributed by atoms with Crippen LogP contribution in [0, 0.1) is 26.2 Å². The quantitative estimate of drug-likeness (QED) is 0.231. The fourth-order valence-corrected chi connectivity index (χ4v) is 4.63. The van der Waals surface area contributed by atoms with E-state index in [0.717, 1.165) is 30.9 Å². The van der Waals surface area contributed by atoms with Crippen molar-refractivity contribution in [3.05, 3.63) is 64.2 Å². The molecule has 3 aromatic rings. The molecule has 4 rings (SSSR count). The molecule has 1 aliphatic rings. The van der Waals surface area contributed by atoms with Crippen LogP contribution in [0.25, 0.3) is 0 Å². The van der Waals surface area contributed by atoms with Gasteiger partial charge in [-0.05, 0) is 51.6 Å². The number of nitrogens with two attached hydrogens (primary N) is 1. The van der Waals surface area contributed by atoms with Crippen LogP contribution in [0.5, 0.6) is 0 Å². The second kappa shape index (κ2) is 11.3. The molecule has 0 spiro atoms. The first-order chi connectivity index (χ1) is 18.8. The van der Waals surface area contributed by atoms with Gasteiger partial charge in [0.2, 0.25) is 0 Å². The van der Waals surface area contributed by atoms with E-state index in [-0.39, 0.29) is 23.5 Å². The molecule has 0 radical (unpaired) electrons. The number of hydrogen-bond donors (Lipinski definition) is 3. The van der Waals surface area contributed by atoms with Gasteiger partial charge in [-0.15, -0.1) is 0 Å². The predicted molar refractivity (Wildman–Crippen MR) is 149 cm³/mol. The van der Waals surface area contributed by atoms with Crippen molar-refractivity contribution in [3.8, 4) is 0 Å². The maximum atomic E-state index is 13.8. The van der Waals surface area contributed by atoms with Crippen LogP contribution in [0.4, 0.5) is 30.2 Å². The van der Waals surface area contributed by atoms with Gasteiger partial charge in [-0.25, -0.2) is 5.84 Å². The molecule has 214 valence electrons. The lowest BCUT2D eigenvalue weighted by Crippen LogP contribution is -2.44. The first-order valence-corrected chi connectivity index (χ1v) is 12.8. The third-order valence-electron chi connectivity index (χ3n) is 7.32. The summed E-state index contributed by atoms with van der Waals surface area (Å²) in [5, 5.41) is 16.6. The van der Waals surface area contributed by atoms with Gasteiger partial charge in [0.25, 0.3) is 5.91 Å². The number of alkyl halides is 3. The third-order valence-corrected chi connectivity index (χ3v) is 7.32. The molecule has 1 fully saturated rings. The molecule has 1 aliphatic heterocycles. The molecule has 0 atom stereocenters. The standard InChI is InChI=1S/C27H34F3N9O/c1-16-23(11-20(27(28,29)30)12-24(16)38-8-6-36(4)7-9-38)35-26(40)19-10-25(17(2)33-13-19)39(32)15-22(31)21-14-34-37(5)18(21)3/h10-14,31H,6-9,15,32H2,1-5H3,(H,35,40). The van der Waals surface area contributed by atoms with Gasteiger partial charge in [-0.1, -0.05) is 0 Å². The second-order valence-electron chi connectivity index (χ2n) is 10.1. The van der Waals surface area contributed by atoms with Gasteiger partial charge in [0.05, 0.1) is 41.0 Å². The molecule has 0 aliphatic carbocycles. The molecular formula is C27H34F3N9O. The first-order valence-electron chi connectivity index (χ1n) is 12.8. The number of hydrazine groups is 1. The van der Waals surface area contributed by atoms with E-state index in [0.29, 0.717) is 41.3 Å². The highest BCUT2D eigenvalue weighted by atomic mass is 19.4. The number of nitrogens with zero attached hydrogens (tertiary/aromatic N) is 6. The van der Waals surface area contributed by atoms with Crippen LogP contribution in [-0.2, 0) is 13.2 Å². The normalized spacial score (nSPS) is 14.4. The largest absolute Gasteiger partial charge is 0.416 e. The van der Waals surface area contributed by atoms with E-state index >= 15 is 0 Å². The van der Waals surface area contributed by atoms with Gasteiger partial charge in [0.1, 0.15) is 0 Å². The lowest BCUT2D eigenvalue weighted by Gasteiger charge is -2.35. The van der Waals surface area contributed by atoms with Crippen molar-refractivity contribution >= 4 is 28.7 Å². The summed E-state index contributed by atoms with van der Waals surface area (Å²) >= 11 is 0. The van der Waals surface area contributed by atoms with Crippen molar-refractivity contribution in [1.82, 2.24) is 19.7 Å². The summed E-state index contributed by atoms with van der Waals surface area (Å²) in [5.74, 6) is 5.66. The average Bonchev–Trinajstić information content (AvgIpc) is 3.23. The number of benzene rings is 1. The molecule has 40 heavy (non-hydrogen) atoms. The number of aromatic nitrogens is 3. The molecule has 1 amide bonds. The van der Waals surface area contributed by atoms with E-state index in [9.17, 15) is 18.0 Å². The number of carbonyl (C=O) groups excluding carboxylic acids is 1. The maximum Gasteiger partial charge on any atom is 0.416 e. The number of likely N-dealkylation sites (N-methyl/N-ethyl adjacent to an activating group) is 1. The molecule has 2 aromatic heterocycles. The minimum Gasteiger partial charge on any atom is -0.369 e. The number of amides is 1. The Labute approximate surface area is 231 Å². The Hall–Kier alpha value is -3.97. The summed E-state index contributed by atoms with van der Waals surface area (Å²) < 4.78 is 43.1. The molecule has 4 N–H and O–H groups in total. The molecule has 1 aromatic carbocycles. The fraction of sp³-hybridized carbons (Fsp3) is 0.407. The summed E-state index contributed by atoms with van der Waals surface area (Å²) in [7, 11) is 3.75. The average molecular weight is 558 g/mol. The fourth-order valence-electron chi connectivity index (χ4n) is 4.63. The number of rotatable bonds is 7. The van der Waals surface area contributed by atoms with Gasteiger partial charge in [0, 0.05) is 62.1 Å². The monoisotopic (exact) mass is 557 g/mol. The highest BCUT2D eigenvalue weighted by molar-refractivity contribution is 6.06. The zero-order valence-electron chi connectivity index (χ0n) is 23.2. The van der Waals surface area contributed by atoms with Crippen molar-refractivity contribution in [2.75, 3.05) is 55.0 Å². The summed E-state index contributed by atoms with van der Waals surface area (Å²) in [4.78, 5) is 21.6. The van der Waals surface area contributed by atoms with Crippen molar-refractivity contribution < 1.29 is 18.0 Å². The number of anilines is 3. The molecule has 0 unspecified atom stereocenters. The number of nitrogens with one attached hydrogen (secondary N) is 2. The Morgan fingerprint density at radius 1 is 1.10 bits per heavy atom. The molecule has 3 heterocycles. The van der Waals surface area contributed by atoms with Crippen molar-refractivity contribution in [1.29, 1.82) is 5.41 Å². The third kappa shape index (κ3) is 6.10. The van der Waals surface area contributed by atoms with Crippen molar-refractivity contribution in [2.45, 2.75) is 26.9 Å². The van der Waals surface area contributed by atoms with E-state index < -0.39 is 17.6 Å². The lowest BCUT2D eigenvalue weighted by molar-refractivity contribution is -0.137. The SMILES string of the molecule is Cc1ncc(C(=O)Nc2cc(C(F)(F)F)cc(N3CCN(C)CC3)c2C)cc1N(N)CC(=N)c1cnn(C)c1C. The van der Waals surface area contributed by atoms with Crippen LogP contribution in [-0.4, -0.2) is 71.1 Å². The first kappa shape index (κ1) is 29.0. The highest BCUT2D eigenvalue weighted by Gasteiger charge is 2.33.